The Kier molecular flexibility index (Phi) is 16.4. The fraction of sp³-hybridized carbons (Fsp3) is 0.567. The van der Waals surface area contributed by atoms with Crippen LogP contribution in [0, 0.1) is 33.3 Å². The van der Waals surface area contributed by atoms with Crippen LogP contribution in [0.15, 0.2) is 47.1 Å². The van der Waals surface area contributed by atoms with Gasteiger partial charge >= 0.3 is 0 Å². The SMILES string of the molecule is C.C.C.C.CC#C[C@]1(O)CC[C@H]2[C@@H]3OCC4=CC(=O)CCC4=C3C(c3ccc([N+](=O)[O-])cc3)C[C@@]21C.S.S.S. The molecule has 1 unspecified atom stereocenters. The average Bonchev–Trinajstić information content (AvgIpc) is 3.03. The van der Waals surface area contributed by atoms with Crippen LogP contribution in [0.3, 0.4) is 0 Å². The molecule has 9 heteroatoms. The highest BCUT2D eigenvalue weighted by Gasteiger charge is 2.63. The maximum atomic E-state index is 12.1. The summed E-state index contributed by atoms with van der Waals surface area (Å²) in [6, 6.07) is 6.73. The number of allylic oxidation sites excluding steroid dienone is 1. The van der Waals surface area contributed by atoms with Crippen molar-refractivity contribution >= 4 is 52.0 Å². The van der Waals surface area contributed by atoms with E-state index in [2.05, 4.69) is 18.8 Å². The Morgan fingerprint density at radius 1 is 1.08 bits per heavy atom. The fourth-order valence-corrected chi connectivity index (χ4v) is 6.56. The Bertz CT molecular complexity index is 1140. The second kappa shape index (κ2) is 15.3. The fourth-order valence-electron chi connectivity index (χ4n) is 6.56. The molecule has 1 N–H and O–H groups in total. The molecule has 4 aliphatic rings. The second-order valence-electron chi connectivity index (χ2n) is 9.70. The lowest BCUT2D eigenvalue weighted by Crippen LogP contribution is -2.53. The molecule has 0 bridgehead atoms. The Morgan fingerprint density at radius 3 is 2.26 bits per heavy atom. The molecule has 6 nitrogen and oxygen atoms in total. The molecule has 5 rings (SSSR count). The van der Waals surface area contributed by atoms with E-state index in [1.807, 2.05) is 12.1 Å². The third kappa shape index (κ3) is 6.62. The van der Waals surface area contributed by atoms with Crippen LogP contribution in [0.5, 0.6) is 0 Å². The van der Waals surface area contributed by atoms with Crippen LogP contribution in [0.25, 0.3) is 0 Å². The number of fused-ring (bicyclic) bond motifs is 4. The van der Waals surface area contributed by atoms with Crippen molar-refractivity contribution in [3.63, 3.8) is 0 Å². The number of nitrogens with zero attached hydrogens (tertiary/aromatic N) is 1. The molecule has 3 aliphatic carbocycles. The summed E-state index contributed by atoms with van der Waals surface area (Å²) in [4.78, 5) is 22.8. The number of nitro groups is 1. The highest BCUT2D eigenvalue weighted by molar-refractivity contribution is 7.59. The number of ether oxygens (including phenoxy) is 1. The number of non-ortho nitro benzene ring substituents is 1. The summed E-state index contributed by atoms with van der Waals surface area (Å²) in [5.41, 5.74) is 2.84. The summed E-state index contributed by atoms with van der Waals surface area (Å²) in [5.74, 6) is 6.24. The number of carbonyl (C=O) groups excluding carboxylic acids is 1. The van der Waals surface area contributed by atoms with E-state index < -0.39 is 15.9 Å². The molecule has 0 spiro atoms. The van der Waals surface area contributed by atoms with Gasteiger partial charge in [-0.15, -0.1) is 5.92 Å². The molecule has 0 amide bonds. The van der Waals surface area contributed by atoms with Gasteiger partial charge in [0.05, 0.1) is 17.6 Å². The lowest BCUT2D eigenvalue weighted by Gasteiger charge is -2.53. The normalized spacial score (nSPS) is 29.4. The lowest BCUT2D eigenvalue weighted by molar-refractivity contribution is -0.384. The summed E-state index contributed by atoms with van der Waals surface area (Å²) in [5, 5.41) is 22.8. The maximum absolute atomic E-state index is 12.1. The molecule has 2 saturated carbocycles. The minimum Gasteiger partial charge on any atom is -0.377 e. The molecule has 0 saturated heterocycles. The molecular weight excluding hydrogens is 551 g/mol. The van der Waals surface area contributed by atoms with Crippen LogP contribution in [-0.4, -0.2) is 34.1 Å². The highest BCUT2D eigenvalue weighted by Crippen LogP contribution is 2.64. The van der Waals surface area contributed by atoms with Crippen LogP contribution in [-0.2, 0) is 9.53 Å². The smallest absolute Gasteiger partial charge is 0.269 e. The molecule has 0 aromatic heterocycles. The zero-order valence-corrected chi connectivity index (χ0v) is 22.9. The van der Waals surface area contributed by atoms with E-state index >= 15 is 0 Å². The standard InChI is InChI=1S/C26H27NO5.4CH4.3H2S/c1-3-11-26(29)12-10-22-24-23(20-9-8-19(28)13-17(20)15-32-24)21(14-25(22,26)2)16-4-6-18(7-5-16)27(30)31;;;;;;;/h4-7,13,21-22,24,29H,8-10,12,14-15H2,1-2H3;4*1H4;3*1H2/t21?,22-,24-,25-,26-;;;;;;;/m0......./s1. The monoisotopic (exact) mass is 599 g/mol. The molecule has 1 aromatic carbocycles. The number of hydrogen-bond donors (Lipinski definition) is 1. The Morgan fingerprint density at radius 2 is 1.69 bits per heavy atom. The van der Waals surface area contributed by atoms with Gasteiger partial charge in [-0.05, 0) is 66.9 Å². The van der Waals surface area contributed by atoms with E-state index in [4.69, 9.17) is 4.74 Å². The summed E-state index contributed by atoms with van der Waals surface area (Å²) in [7, 11) is 0. The van der Waals surface area contributed by atoms with Crippen molar-refractivity contribution in [2.24, 2.45) is 11.3 Å². The van der Waals surface area contributed by atoms with E-state index in [1.165, 1.54) is 11.1 Å². The summed E-state index contributed by atoms with van der Waals surface area (Å²) in [6.45, 7) is 4.28. The first-order chi connectivity index (χ1) is 15.3. The van der Waals surface area contributed by atoms with Crippen molar-refractivity contribution in [2.75, 3.05) is 6.61 Å². The molecular formula is C30H49NO5S3. The zero-order valence-electron chi connectivity index (χ0n) is 19.9. The molecule has 2 fully saturated rings. The largest absolute Gasteiger partial charge is 0.377 e. The minimum absolute atomic E-state index is 0. The van der Waals surface area contributed by atoms with Gasteiger partial charge in [0.1, 0.15) is 5.60 Å². The third-order valence-electron chi connectivity index (χ3n) is 8.21. The minimum atomic E-state index is -1.09. The third-order valence-corrected chi connectivity index (χ3v) is 8.21. The molecule has 1 heterocycles. The highest BCUT2D eigenvalue weighted by atomic mass is 32.1. The van der Waals surface area contributed by atoms with Crippen molar-refractivity contribution in [1.82, 2.24) is 0 Å². The average molecular weight is 600 g/mol. The lowest BCUT2D eigenvalue weighted by atomic mass is 9.55. The Hall–Kier alpha value is -1.70. The summed E-state index contributed by atoms with van der Waals surface area (Å²) in [6.07, 6.45) is 4.87. The van der Waals surface area contributed by atoms with Gasteiger partial charge in [-0.25, -0.2) is 0 Å². The number of aliphatic hydroxyl groups is 1. The van der Waals surface area contributed by atoms with Crippen molar-refractivity contribution < 1.29 is 19.6 Å². The van der Waals surface area contributed by atoms with E-state index in [0.717, 1.165) is 17.6 Å². The van der Waals surface area contributed by atoms with Gasteiger partial charge in [0.2, 0.25) is 0 Å². The van der Waals surface area contributed by atoms with Gasteiger partial charge in [0.15, 0.2) is 5.78 Å². The number of nitro benzene ring substituents is 1. The van der Waals surface area contributed by atoms with Gasteiger partial charge in [-0.3, -0.25) is 14.9 Å². The van der Waals surface area contributed by atoms with Crippen LogP contribution in [0.2, 0.25) is 0 Å². The molecule has 5 atom stereocenters. The molecule has 39 heavy (non-hydrogen) atoms. The van der Waals surface area contributed by atoms with E-state index in [9.17, 15) is 20.0 Å². The summed E-state index contributed by atoms with van der Waals surface area (Å²) < 4.78 is 6.42. The van der Waals surface area contributed by atoms with Gasteiger partial charge < -0.3 is 9.84 Å². The van der Waals surface area contributed by atoms with Crippen molar-refractivity contribution in [3.8, 4) is 11.8 Å². The Labute approximate surface area is 256 Å². The first-order valence-corrected chi connectivity index (χ1v) is 11.3. The van der Waals surface area contributed by atoms with Gasteiger partial charge in [-0.1, -0.05) is 54.7 Å². The van der Waals surface area contributed by atoms with Gasteiger partial charge in [0.25, 0.3) is 5.69 Å². The van der Waals surface area contributed by atoms with Crippen LogP contribution >= 0.6 is 40.5 Å². The first kappa shape index (κ1) is 41.8. The van der Waals surface area contributed by atoms with Gasteiger partial charge in [-0.2, -0.15) is 40.5 Å². The van der Waals surface area contributed by atoms with Crippen molar-refractivity contribution in [1.29, 1.82) is 0 Å². The number of carbonyl (C=O) groups is 1. The molecule has 0 radical (unpaired) electrons. The number of ketones is 1. The molecule has 1 aromatic rings. The molecule has 222 valence electrons. The van der Waals surface area contributed by atoms with Gasteiger partial charge in [0, 0.05) is 29.9 Å². The second-order valence-corrected chi connectivity index (χ2v) is 9.70. The quantitative estimate of drug-likeness (QED) is 0.222. The van der Waals surface area contributed by atoms with Crippen molar-refractivity contribution in [3.05, 3.63) is 62.7 Å². The van der Waals surface area contributed by atoms with Crippen LogP contribution in [0.1, 0.15) is 87.1 Å². The topological polar surface area (TPSA) is 89.7 Å². The first-order valence-electron chi connectivity index (χ1n) is 11.3. The predicted octanol–water partition coefficient (Wildman–Crippen LogP) is 7.12. The predicted molar refractivity (Wildman–Crippen MR) is 177 cm³/mol. The molecule has 1 aliphatic heterocycles. The van der Waals surface area contributed by atoms with Crippen LogP contribution in [0.4, 0.5) is 5.69 Å². The number of hydrogen-bond acceptors (Lipinski definition) is 5. The summed E-state index contributed by atoms with van der Waals surface area (Å²) >= 11 is 0. The van der Waals surface area contributed by atoms with Crippen LogP contribution < -0.4 is 0 Å². The van der Waals surface area contributed by atoms with E-state index in [1.54, 1.807) is 25.1 Å². The van der Waals surface area contributed by atoms with E-state index in [-0.39, 0.29) is 99.6 Å². The Balaban J connectivity index is -0.00000185. The zero-order chi connectivity index (χ0) is 22.7. The number of benzene rings is 1. The number of rotatable bonds is 2. The van der Waals surface area contributed by atoms with E-state index in [0.29, 0.717) is 32.3 Å². The maximum Gasteiger partial charge on any atom is 0.269 e. The van der Waals surface area contributed by atoms with Crippen molar-refractivity contribution in [2.45, 2.75) is 93.3 Å².